The van der Waals surface area contributed by atoms with Gasteiger partial charge in [-0.2, -0.15) is 0 Å². The smallest absolute Gasteiger partial charge is 0.0718 e. The average molecular weight is 163 g/mol. The number of carboxylic acids is 1. The molecule has 0 spiro atoms. The Labute approximate surface area is 71.8 Å². The molecule has 0 heterocycles. The number of carboxylic acid groups (broad SMARTS) is 1. The Morgan fingerprint density at radius 2 is 2.17 bits per heavy atom. The van der Waals surface area contributed by atoms with E-state index < -0.39 is 5.97 Å². The first-order chi connectivity index (χ1) is 5.66. The highest BCUT2D eigenvalue weighted by Gasteiger charge is 2.02. The number of aromatic carboxylic acids is 1. The molecule has 0 aliphatic heterocycles. The molecule has 0 saturated carbocycles. The molecular formula is C10H11O2-. The molecule has 0 unspecified atom stereocenters. The van der Waals surface area contributed by atoms with Crippen molar-refractivity contribution in [2.45, 2.75) is 20.3 Å². The molecule has 64 valence electrons. The lowest BCUT2D eigenvalue weighted by Crippen LogP contribution is -2.24. The van der Waals surface area contributed by atoms with Gasteiger partial charge in [-0.05, 0) is 24.5 Å². The second kappa shape index (κ2) is 3.39. The van der Waals surface area contributed by atoms with Gasteiger partial charge in [-0.3, -0.25) is 0 Å². The highest BCUT2D eigenvalue weighted by atomic mass is 16.4. The summed E-state index contributed by atoms with van der Waals surface area (Å²) in [4.78, 5) is 10.6. The Bertz CT molecular complexity index is 303. The lowest BCUT2D eigenvalue weighted by Gasteiger charge is -2.10. The van der Waals surface area contributed by atoms with Crippen molar-refractivity contribution in [1.82, 2.24) is 0 Å². The summed E-state index contributed by atoms with van der Waals surface area (Å²) in [6.45, 7) is 3.85. The van der Waals surface area contributed by atoms with E-state index in [2.05, 4.69) is 0 Å². The molecule has 12 heavy (non-hydrogen) atoms. The molecule has 0 amide bonds. The van der Waals surface area contributed by atoms with E-state index in [1.807, 2.05) is 19.9 Å². The topological polar surface area (TPSA) is 40.1 Å². The van der Waals surface area contributed by atoms with Crippen LogP contribution in [0, 0.1) is 6.92 Å². The van der Waals surface area contributed by atoms with Gasteiger partial charge >= 0.3 is 0 Å². The van der Waals surface area contributed by atoms with Gasteiger partial charge in [0, 0.05) is 5.56 Å². The van der Waals surface area contributed by atoms with Gasteiger partial charge in [-0.25, -0.2) is 0 Å². The van der Waals surface area contributed by atoms with E-state index >= 15 is 0 Å². The fraction of sp³-hybridized carbons (Fsp3) is 0.300. The first-order valence-corrected chi connectivity index (χ1v) is 3.96. The van der Waals surface area contributed by atoms with Crippen LogP contribution >= 0.6 is 0 Å². The molecule has 0 aliphatic rings. The number of benzene rings is 1. The van der Waals surface area contributed by atoms with E-state index in [0.717, 1.165) is 17.5 Å². The molecule has 0 atom stereocenters. The minimum absolute atomic E-state index is 0.317. The third-order valence-electron chi connectivity index (χ3n) is 1.98. The fourth-order valence-electron chi connectivity index (χ4n) is 1.36. The van der Waals surface area contributed by atoms with Crippen LogP contribution in [0.5, 0.6) is 0 Å². The number of rotatable bonds is 2. The van der Waals surface area contributed by atoms with Crippen molar-refractivity contribution in [2.24, 2.45) is 0 Å². The van der Waals surface area contributed by atoms with Crippen molar-refractivity contribution in [3.8, 4) is 0 Å². The zero-order valence-electron chi connectivity index (χ0n) is 7.26. The monoisotopic (exact) mass is 163 g/mol. The molecule has 0 aliphatic carbocycles. The van der Waals surface area contributed by atoms with Crippen molar-refractivity contribution in [2.75, 3.05) is 0 Å². The molecule has 0 N–H and O–H groups in total. The summed E-state index contributed by atoms with van der Waals surface area (Å²) in [5.74, 6) is -1.09. The Kier molecular flexibility index (Phi) is 2.48. The van der Waals surface area contributed by atoms with Crippen LogP contribution in [-0.2, 0) is 6.42 Å². The van der Waals surface area contributed by atoms with Gasteiger partial charge in [0.15, 0.2) is 0 Å². The van der Waals surface area contributed by atoms with Crippen molar-refractivity contribution >= 4 is 5.97 Å². The van der Waals surface area contributed by atoms with Crippen LogP contribution in [0.1, 0.15) is 28.4 Å². The summed E-state index contributed by atoms with van der Waals surface area (Å²) in [6, 6.07) is 5.23. The largest absolute Gasteiger partial charge is 0.545 e. The molecule has 0 aromatic heterocycles. The van der Waals surface area contributed by atoms with Crippen LogP contribution in [0.4, 0.5) is 0 Å². The molecule has 1 rings (SSSR count). The third kappa shape index (κ3) is 1.47. The van der Waals surface area contributed by atoms with Crippen LogP contribution in [-0.4, -0.2) is 5.97 Å². The molecule has 0 saturated heterocycles. The maximum Gasteiger partial charge on any atom is 0.0718 e. The summed E-state index contributed by atoms with van der Waals surface area (Å²) in [5.41, 5.74) is 2.20. The molecule has 1 aromatic carbocycles. The number of aryl methyl sites for hydroxylation is 1. The zero-order valence-corrected chi connectivity index (χ0v) is 7.26. The standard InChI is InChI=1S/C10H12O2/c1-3-8-7(2)5-4-6-9(8)10(11)12/h4-6H,3H2,1-2H3,(H,11,12)/p-1. The van der Waals surface area contributed by atoms with Gasteiger partial charge in [-0.1, -0.05) is 25.1 Å². The molecule has 0 radical (unpaired) electrons. The molecule has 2 heteroatoms. The summed E-state index contributed by atoms with van der Waals surface area (Å²) in [7, 11) is 0. The van der Waals surface area contributed by atoms with Crippen LogP contribution < -0.4 is 5.11 Å². The van der Waals surface area contributed by atoms with E-state index in [1.54, 1.807) is 12.1 Å². The summed E-state index contributed by atoms with van der Waals surface area (Å²) >= 11 is 0. The summed E-state index contributed by atoms with van der Waals surface area (Å²) in [5, 5.41) is 10.6. The minimum Gasteiger partial charge on any atom is -0.545 e. The molecule has 0 bridgehead atoms. The Morgan fingerprint density at radius 3 is 2.58 bits per heavy atom. The summed E-state index contributed by atoms with van der Waals surface area (Å²) < 4.78 is 0. The van der Waals surface area contributed by atoms with Gasteiger partial charge in [0.1, 0.15) is 0 Å². The summed E-state index contributed by atoms with van der Waals surface area (Å²) in [6.07, 6.45) is 0.732. The van der Waals surface area contributed by atoms with Gasteiger partial charge in [0.05, 0.1) is 5.97 Å². The number of hydrogen-bond donors (Lipinski definition) is 0. The maximum absolute atomic E-state index is 10.6. The highest BCUT2D eigenvalue weighted by Crippen LogP contribution is 2.13. The van der Waals surface area contributed by atoms with Crippen LogP contribution in [0.2, 0.25) is 0 Å². The van der Waals surface area contributed by atoms with Gasteiger partial charge in [0.25, 0.3) is 0 Å². The molecule has 0 fully saturated rings. The average Bonchev–Trinajstić information content (AvgIpc) is 2.03. The van der Waals surface area contributed by atoms with E-state index in [1.165, 1.54) is 0 Å². The van der Waals surface area contributed by atoms with Crippen molar-refractivity contribution in [3.63, 3.8) is 0 Å². The van der Waals surface area contributed by atoms with Crippen molar-refractivity contribution in [3.05, 3.63) is 34.9 Å². The lowest BCUT2D eigenvalue weighted by atomic mass is 10.00. The highest BCUT2D eigenvalue weighted by molar-refractivity contribution is 5.88. The second-order valence-corrected chi connectivity index (χ2v) is 2.74. The van der Waals surface area contributed by atoms with Crippen LogP contribution in [0.25, 0.3) is 0 Å². The zero-order chi connectivity index (χ0) is 9.14. The predicted molar refractivity (Wildman–Crippen MR) is 44.9 cm³/mol. The van der Waals surface area contributed by atoms with E-state index in [-0.39, 0.29) is 0 Å². The fourth-order valence-corrected chi connectivity index (χ4v) is 1.36. The molecular weight excluding hydrogens is 152 g/mol. The van der Waals surface area contributed by atoms with E-state index in [0.29, 0.717) is 5.56 Å². The Balaban J connectivity index is 3.27. The van der Waals surface area contributed by atoms with Gasteiger partial charge < -0.3 is 9.90 Å². The Hall–Kier alpha value is -1.31. The minimum atomic E-state index is -1.09. The first-order valence-electron chi connectivity index (χ1n) is 3.96. The quantitative estimate of drug-likeness (QED) is 0.650. The van der Waals surface area contributed by atoms with Gasteiger partial charge in [-0.15, -0.1) is 0 Å². The number of carbonyl (C=O) groups excluding carboxylic acids is 1. The van der Waals surface area contributed by atoms with Crippen molar-refractivity contribution < 1.29 is 9.90 Å². The second-order valence-electron chi connectivity index (χ2n) is 2.74. The van der Waals surface area contributed by atoms with Crippen LogP contribution in [0.3, 0.4) is 0 Å². The predicted octanol–water partition coefficient (Wildman–Crippen LogP) is 0.921. The van der Waals surface area contributed by atoms with Gasteiger partial charge in [0.2, 0.25) is 0 Å². The van der Waals surface area contributed by atoms with Crippen molar-refractivity contribution in [1.29, 1.82) is 0 Å². The van der Waals surface area contributed by atoms with E-state index in [4.69, 9.17) is 0 Å². The third-order valence-corrected chi connectivity index (χ3v) is 1.98. The normalized spacial score (nSPS) is 9.83. The number of hydrogen-bond acceptors (Lipinski definition) is 2. The molecule has 1 aromatic rings. The lowest BCUT2D eigenvalue weighted by molar-refractivity contribution is -0.255. The Morgan fingerprint density at radius 1 is 1.50 bits per heavy atom. The molecule has 2 nitrogen and oxygen atoms in total. The first kappa shape index (κ1) is 8.78. The van der Waals surface area contributed by atoms with E-state index in [9.17, 15) is 9.90 Å². The number of carbonyl (C=O) groups is 1. The maximum atomic E-state index is 10.6. The van der Waals surface area contributed by atoms with Crippen LogP contribution in [0.15, 0.2) is 18.2 Å². The SMILES string of the molecule is CCc1c(C)cccc1C(=O)[O-].